The van der Waals surface area contributed by atoms with Crippen LogP contribution in [0.4, 0.5) is 0 Å². The molecule has 1 aromatic heterocycles. The number of aromatic amines is 1. The van der Waals surface area contributed by atoms with Crippen molar-refractivity contribution in [2.45, 2.75) is 33.2 Å². The fraction of sp³-hybridized carbons (Fsp3) is 0.462. The molecule has 86 valence electrons. The minimum Gasteiger partial charge on any atom is -0.341 e. The number of rotatable bonds is 3. The molecule has 0 aliphatic rings. The van der Waals surface area contributed by atoms with Crippen molar-refractivity contribution in [3.8, 4) is 0 Å². The van der Waals surface area contributed by atoms with E-state index in [1.807, 2.05) is 12.1 Å². The Bertz CT molecular complexity index is 485. The van der Waals surface area contributed by atoms with Gasteiger partial charge in [0.25, 0.3) is 0 Å². The van der Waals surface area contributed by atoms with Crippen molar-refractivity contribution in [2.75, 3.05) is 0 Å². The molecule has 0 bridgehead atoms. The van der Waals surface area contributed by atoms with Crippen LogP contribution in [0.25, 0.3) is 11.0 Å². The Morgan fingerprint density at radius 1 is 1.38 bits per heavy atom. The van der Waals surface area contributed by atoms with Crippen LogP contribution in [0.15, 0.2) is 18.2 Å². The molecule has 0 saturated heterocycles. The molecule has 0 fully saturated rings. The SMILES string of the molecule is Cc1cccc2[nH]c(C(N)CC(C)C)nc12. The van der Waals surface area contributed by atoms with Crippen LogP contribution in [0, 0.1) is 12.8 Å². The highest BCUT2D eigenvalue weighted by atomic mass is 15.0. The number of H-pyrrole nitrogens is 1. The monoisotopic (exact) mass is 217 g/mol. The molecule has 1 aromatic carbocycles. The fourth-order valence-corrected chi connectivity index (χ4v) is 1.99. The third kappa shape index (κ3) is 2.09. The Hall–Kier alpha value is -1.35. The van der Waals surface area contributed by atoms with Gasteiger partial charge in [-0.05, 0) is 30.9 Å². The van der Waals surface area contributed by atoms with E-state index in [4.69, 9.17) is 5.73 Å². The smallest absolute Gasteiger partial charge is 0.124 e. The number of imidazole rings is 1. The predicted molar refractivity (Wildman–Crippen MR) is 67.2 cm³/mol. The molecule has 0 spiro atoms. The summed E-state index contributed by atoms with van der Waals surface area (Å²) in [5, 5.41) is 0. The summed E-state index contributed by atoms with van der Waals surface area (Å²) in [7, 11) is 0. The highest BCUT2D eigenvalue weighted by Crippen LogP contribution is 2.21. The largest absolute Gasteiger partial charge is 0.341 e. The van der Waals surface area contributed by atoms with Crippen molar-refractivity contribution >= 4 is 11.0 Å². The first-order chi connectivity index (χ1) is 7.58. The number of fused-ring (bicyclic) bond motifs is 1. The molecule has 2 aromatic rings. The third-order valence-electron chi connectivity index (χ3n) is 2.81. The molecule has 0 aliphatic heterocycles. The van der Waals surface area contributed by atoms with Crippen molar-refractivity contribution in [1.29, 1.82) is 0 Å². The number of hydrogen-bond donors (Lipinski definition) is 2. The number of aryl methyl sites for hydroxylation is 1. The number of nitrogens with one attached hydrogen (secondary N) is 1. The number of nitrogens with zero attached hydrogens (tertiary/aromatic N) is 1. The average Bonchev–Trinajstić information content (AvgIpc) is 2.61. The van der Waals surface area contributed by atoms with Gasteiger partial charge < -0.3 is 10.7 Å². The van der Waals surface area contributed by atoms with Gasteiger partial charge in [0.1, 0.15) is 5.82 Å². The first-order valence-corrected chi connectivity index (χ1v) is 5.78. The summed E-state index contributed by atoms with van der Waals surface area (Å²) in [5.41, 5.74) is 9.42. The molecule has 1 unspecified atom stereocenters. The molecule has 1 heterocycles. The quantitative estimate of drug-likeness (QED) is 0.830. The van der Waals surface area contributed by atoms with E-state index in [-0.39, 0.29) is 6.04 Å². The number of hydrogen-bond acceptors (Lipinski definition) is 2. The van der Waals surface area contributed by atoms with E-state index in [9.17, 15) is 0 Å². The molecule has 3 N–H and O–H groups in total. The lowest BCUT2D eigenvalue weighted by atomic mass is 10.0. The van der Waals surface area contributed by atoms with Gasteiger partial charge in [-0.25, -0.2) is 4.98 Å². The molecule has 1 atom stereocenters. The molecule has 0 amide bonds. The van der Waals surface area contributed by atoms with E-state index in [2.05, 4.69) is 36.8 Å². The van der Waals surface area contributed by atoms with Crippen molar-refractivity contribution in [2.24, 2.45) is 11.7 Å². The first kappa shape index (κ1) is 11.1. The Labute approximate surface area is 96.1 Å². The van der Waals surface area contributed by atoms with Crippen LogP contribution in [0.5, 0.6) is 0 Å². The van der Waals surface area contributed by atoms with Crippen LogP contribution in [-0.4, -0.2) is 9.97 Å². The van der Waals surface area contributed by atoms with Gasteiger partial charge in [-0.15, -0.1) is 0 Å². The Morgan fingerprint density at radius 3 is 2.75 bits per heavy atom. The molecule has 2 rings (SSSR count). The fourth-order valence-electron chi connectivity index (χ4n) is 1.99. The second-order valence-corrected chi connectivity index (χ2v) is 4.83. The maximum Gasteiger partial charge on any atom is 0.124 e. The van der Waals surface area contributed by atoms with E-state index < -0.39 is 0 Å². The number of nitrogens with two attached hydrogens (primary N) is 1. The number of para-hydroxylation sites is 1. The van der Waals surface area contributed by atoms with Crippen LogP contribution in [0.1, 0.15) is 37.7 Å². The Balaban J connectivity index is 2.36. The summed E-state index contributed by atoms with van der Waals surface area (Å²) in [5.74, 6) is 1.49. The number of aromatic nitrogens is 2. The minimum absolute atomic E-state index is 0.00630. The lowest BCUT2D eigenvalue weighted by Crippen LogP contribution is -2.14. The lowest BCUT2D eigenvalue weighted by molar-refractivity contribution is 0.496. The zero-order chi connectivity index (χ0) is 11.7. The topological polar surface area (TPSA) is 54.7 Å². The van der Waals surface area contributed by atoms with E-state index in [0.29, 0.717) is 5.92 Å². The van der Waals surface area contributed by atoms with Crippen LogP contribution >= 0.6 is 0 Å². The molecule has 0 radical (unpaired) electrons. The molecule has 0 saturated carbocycles. The van der Waals surface area contributed by atoms with Crippen LogP contribution < -0.4 is 5.73 Å². The van der Waals surface area contributed by atoms with E-state index in [0.717, 1.165) is 23.3 Å². The van der Waals surface area contributed by atoms with Gasteiger partial charge in [0.15, 0.2) is 0 Å². The van der Waals surface area contributed by atoms with Crippen molar-refractivity contribution in [3.63, 3.8) is 0 Å². The molecule has 3 nitrogen and oxygen atoms in total. The van der Waals surface area contributed by atoms with Crippen LogP contribution in [0.2, 0.25) is 0 Å². The molecular formula is C13H19N3. The van der Waals surface area contributed by atoms with Gasteiger partial charge >= 0.3 is 0 Å². The highest BCUT2D eigenvalue weighted by Gasteiger charge is 2.13. The standard InChI is InChI=1S/C13H19N3/c1-8(2)7-10(14)13-15-11-6-4-5-9(3)12(11)16-13/h4-6,8,10H,7,14H2,1-3H3,(H,15,16). The van der Waals surface area contributed by atoms with Gasteiger partial charge in [-0.2, -0.15) is 0 Å². The van der Waals surface area contributed by atoms with Gasteiger partial charge in [0.2, 0.25) is 0 Å². The van der Waals surface area contributed by atoms with Crippen molar-refractivity contribution in [3.05, 3.63) is 29.6 Å². The Kier molecular flexibility index (Phi) is 2.97. The van der Waals surface area contributed by atoms with Gasteiger partial charge in [0, 0.05) is 0 Å². The van der Waals surface area contributed by atoms with Crippen molar-refractivity contribution < 1.29 is 0 Å². The van der Waals surface area contributed by atoms with Crippen LogP contribution in [0.3, 0.4) is 0 Å². The van der Waals surface area contributed by atoms with Crippen molar-refractivity contribution in [1.82, 2.24) is 9.97 Å². The molecule has 3 heteroatoms. The molecule has 16 heavy (non-hydrogen) atoms. The van der Waals surface area contributed by atoms with Gasteiger partial charge in [0.05, 0.1) is 17.1 Å². The Morgan fingerprint density at radius 2 is 2.12 bits per heavy atom. The lowest BCUT2D eigenvalue weighted by Gasteiger charge is -2.10. The third-order valence-corrected chi connectivity index (χ3v) is 2.81. The average molecular weight is 217 g/mol. The summed E-state index contributed by atoms with van der Waals surface area (Å²) < 4.78 is 0. The normalized spacial score (nSPS) is 13.6. The zero-order valence-corrected chi connectivity index (χ0v) is 10.1. The van der Waals surface area contributed by atoms with Gasteiger partial charge in [-0.3, -0.25) is 0 Å². The second kappa shape index (κ2) is 4.26. The highest BCUT2D eigenvalue weighted by molar-refractivity contribution is 5.78. The summed E-state index contributed by atoms with van der Waals surface area (Å²) in [4.78, 5) is 7.89. The van der Waals surface area contributed by atoms with E-state index in [1.54, 1.807) is 0 Å². The zero-order valence-electron chi connectivity index (χ0n) is 10.1. The second-order valence-electron chi connectivity index (χ2n) is 4.83. The summed E-state index contributed by atoms with van der Waals surface area (Å²) in [6.07, 6.45) is 0.957. The summed E-state index contributed by atoms with van der Waals surface area (Å²) in [6, 6.07) is 6.15. The number of benzene rings is 1. The van der Waals surface area contributed by atoms with Crippen LogP contribution in [-0.2, 0) is 0 Å². The van der Waals surface area contributed by atoms with E-state index >= 15 is 0 Å². The molecular weight excluding hydrogens is 198 g/mol. The van der Waals surface area contributed by atoms with E-state index in [1.165, 1.54) is 5.56 Å². The predicted octanol–water partition coefficient (Wildman–Crippen LogP) is 2.92. The summed E-state index contributed by atoms with van der Waals surface area (Å²) >= 11 is 0. The van der Waals surface area contributed by atoms with Gasteiger partial charge in [-0.1, -0.05) is 26.0 Å². The maximum absolute atomic E-state index is 6.12. The summed E-state index contributed by atoms with van der Waals surface area (Å²) in [6.45, 7) is 6.42. The molecule has 0 aliphatic carbocycles. The first-order valence-electron chi connectivity index (χ1n) is 5.78. The minimum atomic E-state index is 0.00630. The maximum atomic E-state index is 6.12.